The number of hydrogen-bond acceptors (Lipinski definition) is 8. The molecule has 4 atom stereocenters. The monoisotopic (exact) mass is 628 g/mol. The number of aliphatic hydroxyl groups is 2. The molecule has 1 saturated carbocycles. The summed E-state index contributed by atoms with van der Waals surface area (Å²) < 4.78 is 42.3. The predicted octanol–water partition coefficient (Wildman–Crippen LogP) is 3.87. The van der Waals surface area contributed by atoms with E-state index in [1.165, 1.54) is 36.5 Å². The molecule has 3 aromatic rings. The highest BCUT2D eigenvalue weighted by atomic mass is 35.5. The average Bonchev–Trinajstić information content (AvgIpc) is 3.30. The smallest absolute Gasteiger partial charge is 0.251 e. The van der Waals surface area contributed by atoms with E-state index in [-0.39, 0.29) is 47.2 Å². The van der Waals surface area contributed by atoms with Crippen LogP contribution in [-0.4, -0.2) is 62.3 Å². The highest BCUT2D eigenvalue weighted by Gasteiger charge is 2.49. The summed E-state index contributed by atoms with van der Waals surface area (Å²) in [5, 5.41) is 33.7. The van der Waals surface area contributed by atoms with E-state index >= 15 is 0 Å². The maximum absolute atomic E-state index is 14.6. The number of halogens is 4. The Morgan fingerprint density at radius 1 is 1.14 bits per heavy atom. The van der Waals surface area contributed by atoms with Crippen molar-refractivity contribution in [3.63, 3.8) is 0 Å². The molecule has 5 rings (SSSR count). The second-order valence-corrected chi connectivity index (χ2v) is 11.2. The average molecular weight is 629 g/mol. The Morgan fingerprint density at radius 2 is 1.86 bits per heavy atom. The summed E-state index contributed by atoms with van der Waals surface area (Å²) in [5.74, 6) is -5.40. The molecule has 230 valence electrons. The molecule has 2 aromatic carbocycles. The number of anilines is 2. The van der Waals surface area contributed by atoms with Gasteiger partial charge in [0.05, 0.1) is 0 Å². The molecule has 44 heavy (non-hydrogen) atoms. The molecular weight excluding hydrogens is 601 g/mol. The topological polar surface area (TPSA) is 143 Å². The molecule has 14 heteroatoms. The van der Waals surface area contributed by atoms with E-state index in [1.54, 1.807) is 12.1 Å². The SMILES string of the molecule is N#Cc1ccnc(N2C(O)[C@@H](O)C[C@H]2C(=O)N(c2cccc(F)c2)[C@H](C(=O)NC2CCC(F)(F)CC2)c2ccccc2Cl)n1. The number of alkyl halides is 2. The fourth-order valence-electron chi connectivity index (χ4n) is 5.60. The number of nitrogens with zero attached hydrogens (tertiary/aromatic N) is 5. The van der Waals surface area contributed by atoms with Crippen LogP contribution in [-0.2, 0) is 9.59 Å². The zero-order chi connectivity index (χ0) is 31.6. The number of carbonyl (C=O) groups excluding carboxylic acids is 2. The summed E-state index contributed by atoms with van der Waals surface area (Å²) in [7, 11) is 0. The molecule has 2 fully saturated rings. The van der Waals surface area contributed by atoms with Gasteiger partial charge in [-0.2, -0.15) is 5.26 Å². The first kappa shape index (κ1) is 31.2. The Kier molecular flexibility index (Phi) is 9.05. The maximum atomic E-state index is 14.6. The number of aliphatic hydroxyl groups excluding tert-OH is 2. The summed E-state index contributed by atoms with van der Waals surface area (Å²) in [6, 6.07) is 10.8. The second kappa shape index (κ2) is 12.8. The van der Waals surface area contributed by atoms with Gasteiger partial charge in [-0.1, -0.05) is 35.9 Å². The van der Waals surface area contributed by atoms with E-state index in [4.69, 9.17) is 11.6 Å². The number of nitrogens with one attached hydrogen (secondary N) is 1. The second-order valence-electron chi connectivity index (χ2n) is 10.7. The van der Waals surface area contributed by atoms with Gasteiger partial charge in [0.1, 0.15) is 35.8 Å². The van der Waals surface area contributed by atoms with Gasteiger partial charge in [0.2, 0.25) is 17.8 Å². The standard InChI is InChI=1S/C30H28ClF3N6O4/c31-22-7-2-1-6-21(22)25(26(42)37-18-8-11-30(33,34)12-9-18)39(20-5-3-4-17(32)14-20)27(43)23-15-24(41)28(44)40(23)29-36-13-10-19(16-35)38-29/h1-7,10,13-14,18,23-25,28,41,44H,8-9,11-12,15H2,(H,37,42)/t23-,24-,25-,28?/m0/s1. The third-order valence-electron chi connectivity index (χ3n) is 7.80. The summed E-state index contributed by atoms with van der Waals surface area (Å²) in [5.41, 5.74) is 0.0507. The first-order valence-corrected chi connectivity index (χ1v) is 14.3. The van der Waals surface area contributed by atoms with Gasteiger partial charge in [-0.25, -0.2) is 23.1 Å². The number of rotatable bonds is 7. The zero-order valence-corrected chi connectivity index (χ0v) is 23.9. The van der Waals surface area contributed by atoms with E-state index in [1.807, 2.05) is 6.07 Å². The molecule has 10 nitrogen and oxygen atoms in total. The van der Waals surface area contributed by atoms with Crippen LogP contribution in [0.3, 0.4) is 0 Å². The van der Waals surface area contributed by atoms with Gasteiger partial charge >= 0.3 is 0 Å². The van der Waals surface area contributed by atoms with Crippen LogP contribution < -0.4 is 15.1 Å². The van der Waals surface area contributed by atoms with Crippen LogP contribution in [0.15, 0.2) is 60.8 Å². The number of nitriles is 1. The minimum Gasteiger partial charge on any atom is -0.388 e. The minimum atomic E-state index is -2.84. The lowest BCUT2D eigenvalue weighted by atomic mass is 9.91. The number of carbonyl (C=O) groups is 2. The Morgan fingerprint density at radius 3 is 2.55 bits per heavy atom. The Bertz CT molecular complexity index is 1580. The summed E-state index contributed by atoms with van der Waals surface area (Å²) >= 11 is 6.54. The van der Waals surface area contributed by atoms with Gasteiger partial charge in [-0.05, 0) is 43.2 Å². The molecule has 2 aliphatic rings. The normalized spacial score (nSPS) is 22.2. The van der Waals surface area contributed by atoms with Crippen molar-refractivity contribution >= 4 is 35.1 Å². The molecule has 2 amide bonds. The van der Waals surface area contributed by atoms with Crippen molar-refractivity contribution in [2.24, 2.45) is 0 Å². The fraction of sp³-hybridized carbons (Fsp3) is 0.367. The van der Waals surface area contributed by atoms with Crippen molar-refractivity contribution in [2.45, 2.75) is 68.5 Å². The van der Waals surface area contributed by atoms with Gasteiger partial charge in [0.15, 0.2) is 6.23 Å². The van der Waals surface area contributed by atoms with Gasteiger partial charge in [-0.15, -0.1) is 0 Å². The summed E-state index contributed by atoms with van der Waals surface area (Å²) in [4.78, 5) is 38.9. The quantitative estimate of drug-likeness (QED) is 0.358. The molecule has 0 radical (unpaired) electrons. The predicted molar refractivity (Wildman–Crippen MR) is 153 cm³/mol. The largest absolute Gasteiger partial charge is 0.388 e. The molecule has 1 unspecified atom stereocenters. The molecule has 1 saturated heterocycles. The molecule has 0 spiro atoms. The van der Waals surface area contributed by atoms with Gasteiger partial charge in [-0.3, -0.25) is 14.5 Å². The highest BCUT2D eigenvalue weighted by molar-refractivity contribution is 6.31. The van der Waals surface area contributed by atoms with Crippen molar-refractivity contribution in [1.29, 1.82) is 5.26 Å². The van der Waals surface area contributed by atoms with Crippen molar-refractivity contribution in [3.05, 3.63) is 82.9 Å². The molecule has 2 heterocycles. The van der Waals surface area contributed by atoms with E-state index < -0.39 is 66.9 Å². The van der Waals surface area contributed by atoms with E-state index in [2.05, 4.69) is 15.3 Å². The Balaban J connectivity index is 1.60. The maximum Gasteiger partial charge on any atom is 0.251 e. The van der Waals surface area contributed by atoms with Crippen LogP contribution in [0.25, 0.3) is 0 Å². The van der Waals surface area contributed by atoms with Crippen molar-refractivity contribution in [1.82, 2.24) is 15.3 Å². The van der Waals surface area contributed by atoms with E-state index in [0.717, 1.165) is 21.9 Å². The van der Waals surface area contributed by atoms with Crippen LogP contribution in [0.2, 0.25) is 5.02 Å². The summed E-state index contributed by atoms with van der Waals surface area (Å²) in [6.45, 7) is 0. The van der Waals surface area contributed by atoms with Crippen molar-refractivity contribution in [3.8, 4) is 6.07 Å². The molecule has 3 N–H and O–H groups in total. The number of hydrogen-bond donors (Lipinski definition) is 3. The number of aromatic nitrogens is 2. The third-order valence-corrected chi connectivity index (χ3v) is 8.14. The number of amides is 2. The van der Waals surface area contributed by atoms with Crippen LogP contribution in [0.4, 0.5) is 24.8 Å². The van der Waals surface area contributed by atoms with E-state index in [0.29, 0.717) is 0 Å². The first-order valence-electron chi connectivity index (χ1n) is 13.9. The molecule has 1 aliphatic carbocycles. The van der Waals surface area contributed by atoms with Crippen LogP contribution in [0, 0.1) is 17.1 Å². The van der Waals surface area contributed by atoms with Crippen molar-refractivity contribution in [2.75, 3.05) is 9.80 Å². The van der Waals surface area contributed by atoms with Gasteiger partial charge < -0.3 is 20.4 Å². The Labute approximate surface area is 255 Å². The van der Waals surface area contributed by atoms with E-state index in [9.17, 15) is 38.2 Å². The molecule has 1 aliphatic heterocycles. The van der Waals surface area contributed by atoms with Crippen LogP contribution in [0.1, 0.15) is 49.4 Å². The third kappa shape index (κ3) is 6.47. The Hall–Kier alpha value is -4.25. The van der Waals surface area contributed by atoms with Crippen molar-refractivity contribution < 1.29 is 33.0 Å². The lowest BCUT2D eigenvalue weighted by Gasteiger charge is -2.37. The molecular formula is C30H28ClF3N6O4. The fourth-order valence-corrected chi connectivity index (χ4v) is 5.83. The summed E-state index contributed by atoms with van der Waals surface area (Å²) in [6.07, 6.45) is -3.04. The molecule has 0 bridgehead atoms. The first-order chi connectivity index (χ1) is 21.0. The van der Waals surface area contributed by atoms with Crippen LogP contribution in [0.5, 0.6) is 0 Å². The zero-order valence-electron chi connectivity index (χ0n) is 23.2. The van der Waals surface area contributed by atoms with Crippen LogP contribution >= 0.6 is 11.6 Å². The minimum absolute atomic E-state index is 0.00323. The lowest BCUT2D eigenvalue weighted by Crippen LogP contribution is -2.54. The lowest BCUT2D eigenvalue weighted by molar-refractivity contribution is -0.128. The van der Waals surface area contributed by atoms with Gasteiger partial charge in [0.25, 0.3) is 5.91 Å². The number of benzene rings is 2. The van der Waals surface area contributed by atoms with Gasteiger partial charge in [0, 0.05) is 47.8 Å². The highest BCUT2D eigenvalue weighted by Crippen LogP contribution is 2.38. The molecule has 1 aromatic heterocycles.